The Morgan fingerprint density at radius 3 is 2.07 bits per heavy atom. The summed E-state index contributed by atoms with van der Waals surface area (Å²) in [4.78, 5) is 27.9. The van der Waals surface area contributed by atoms with Crippen molar-refractivity contribution in [1.29, 1.82) is 0 Å². The highest BCUT2D eigenvalue weighted by atomic mass is 32.9. The van der Waals surface area contributed by atoms with E-state index in [2.05, 4.69) is 13.8 Å². The maximum atomic E-state index is 13.2. The van der Waals surface area contributed by atoms with E-state index < -0.39 is 5.54 Å². The first-order chi connectivity index (χ1) is 13.1. The Balaban J connectivity index is 3.23. The number of carbonyl (C=O) groups is 2. The minimum atomic E-state index is -2.69. The molecule has 3 amide bonds. The molecule has 0 saturated carbocycles. The van der Waals surface area contributed by atoms with E-state index in [-0.39, 0.29) is 11.9 Å². The van der Waals surface area contributed by atoms with Crippen molar-refractivity contribution in [2.45, 2.75) is 27.7 Å². The minimum Gasteiger partial charge on any atom is -0.497 e. The van der Waals surface area contributed by atoms with Gasteiger partial charge in [-0.25, -0.2) is 4.79 Å². The normalized spacial score (nSPS) is 13.0. The van der Waals surface area contributed by atoms with Gasteiger partial charge in [-0.05, 0) is 55.8 Å². The number of hydrogen-bond acceptors (Lipinski definition) is 5. The van der Waals surface area contributed by atoms with E-state index in [9.17, 15) is 9.59 Å². The molecule has 1 aromatic carbocycles. The molecule has 0 saturated heterocycles. The van der Waals surface area contributed by atoms with Crippen LogP contribution >= 0.6 is 16.9 Å². The van der Waals surface area contributed by atoms with Crippen LogP contribution in [0, 0.1) is 5.92 Å². The van der Waals surface area contributed by atoms with Gasteiger partial charge >= 0.3 is 6.03 Å². The van der Waals surface area contributed by atoms with Crippen LogP contribution in [0.4, 0.5) is 4.79 Å². The van der Waals surface area contributed by atoms with Crippen molar-refractivity contribution in [3.05, 3.63) is 29.8 Å². The van der Waals surface area contributed by atoms with Crippen LogP contribution in [-0.4, -0.2) is 66.2 Å². The van der Waals surface area contributed by atoms with Crippen molar-refractivity contribution in [3.8, 4) is 5.75 Å². The van der Waals surface area contributed by atoms with Crippen LogP contribution in [0.3, 0.4) is 0 Å². The average molecular weight is 446 g/mol. The zero-order chi connectivity index (χ0) is 21.5. The van der Waals surface area contributed by atoms with Crippen LogP contribution in [0.25, 0.3) is 0 Å². The third kappa shape index (κ3) is 5.88. The van der Waals surface area contributed by atoms with Crippen molar-refractivity contribution in [3.63, 3.8) is 0 Å². The molecule has 0 aromatic heterocycles. The molecular weight excluding hydrogens is 413 g/mol. The Hall–Kier alpha value is -1.24. The van der Waals surface area contributed by atoms with Gasteiger partial charge in [0.25, 0.3) is 5.91 Å². The first-order valence-corrected chi connectivity index (χ1v) is 13.6. The number of amides is 3. The van der Waals surface area contributed by atoms with Crippen LogP contribution in [0.15, 0.2) is 24.3 Å². The second-order valence-corrected chi connectivity index (χ2v) is 14.0. The summed E-state index contributed by atoms with van der Waals surface area (Å²) in [6.07, 6.45) is 0. The van der Waals surface area contributed by atoms with Crippen molar-refractivity contribution in [2.24, 2.45) is 5.92 Å². The van der Waals surface area contributed by atoms with E-state index in [1.54, 1.807) is 59.7 Å². The zero-order valence-corrected chi connectivity index (χ0v) is 20.4. The van der Waals surface area contributed by atoms with Crippen LogP contribution in [0.5, 0.6) is 5.75 Å². The largest absolute Gasteiger partial charge is 0.497 e. The topological polar surface area (TPSA) is 53.1 Å². The van der Waals surface area contributed by atoms with E-state index in [0.29, 0.717) is 30.3 Å². The van der Waals surface area contributed by atoms with Crippen molar-refractivity contribution >= 4 is 40.7 Å². The molecule has 1 unspecified atom stereocenters. The quantitative estimate of drug-likeness (QED) is 0.512. The van der Waals surface area contributed by atoms with Crippen molar-refractivity contribution in [1.82, 2.24) is 14.2 Å². The Morgan fingerprint density at radius 2 is 1.64 bits per heavy atom. The van der Waals surface area contributed by atoms with Crippen molar-refractivity contribution < 1.29 is 14.3 Å². The van der Waals surface area contributed by atoms with Gasteiger partial charge in [0.05, 0.1) is 7.11 Å². The van der Waals surface area contributed by atoms with Gasteiger partial charge < -0.3 is 9.64 Å². The number of nitrogens with zero attached hydrogens (tertiary/aromatic N) is 3. The maximum Gasteiger partial charge on any atom is 0.325 e. The van der Waals surface area contributed by atoms with Gasteiger partial charge in [-0.15, -0.1) is 0 Å². The molecule has 0 aliphatic rings. The van der Waals surface area contributed by atoms with E-state index in [0.717, 1.165) is 5.75 Å². The molecule has 0 heterocycles. The third-order valence-electron chi connectivity index (χ3n) is 4.28. The van der Waals surface area contributed by atoms with Gasteiger partial charge in [-0.2, -0.15) is 0 Å². The molecule has 0 radical (unpaired) electrons. The number of benzene rings is 1. The predicted octanol–water partition coefficient (Wildman–Crippen LogP) is 4.77. The fourth-order valence-corrected chi connectivity index (χ4v) is 8.32. The Bertz CT molecular complexity index is 709. The lowest BCUT2D eigenvalue weighted by Crippen LogP contribution is -2.42. The molecule has 6 nitrogen and oxygen atoms in total. The maximum absolute atomic E-state index is 13.2. The number of rotatable bonds is 9. The number of ether oxygens (including phenoxy) is 1. The number of hydrogen-bond donors (Lipinski definition) is 0. The van der Waals surface area contributed by atoms with E-state index in [1.807, 2.05) is 13.8 Å². The molecule has 9 heteroatoms. The van der Waals surface area contributed by atoms with Crippen LogP contribution in [-0.2, 0) is 11.8 Å². The molecule has 1 rings (SSSR count). The van der Waals surface area contributed by atoms with E-state index >= 15 is 0 Å². The summed E-state index contributed by atoms with van der Waals surface area (Å²) < 4.78 is 8.34. The molecule has 28 heavy (non-hydrogen) atoms. The minimum absolute atomic E-state index is 0.140. The average Bonchev–Trinajstić information content (AvgIpc) is 2.71. The van der Waals surface area contributed by atoms with Gasteiger partial charge in [-0.1, -0.05) is 25.2 Å². The lowest BCUT2D eigenvalue weighted by molar-refractivity contribution is 0.0884. The molecule has 158 valence electrons. The number of carbonyl (C=O) groups excluding carboxylic acids is 2. The van der Waals surface area contributed by atoms with E-state index in [1.165, 1.54) is 11.4 Å². The van der Waals surface area contributed by atoms with E-state index in [4.69, 9.17) is 16.5 Å². The molecule has 0 N–H and O–H groups in total. The number of urea groups is 1. The molecule has 0 aliphatic heterocycles. The summed E-state index contributed by atoms with van der Waals surface area (Å²) >= 11 is 7.54. The lowest BCUT2D eigenvalue weighted by Gasteiger charge is -2.40. The molecular formula is C19H32N3O3PS2. The second kappa shape index (κ2) is 11.1. The molecule has 1 aromatic rings. The Labute approximate surface area is 178 Å². The SMILES string of the molecule is CCN(CC)C(=O)N(C)P(=S)(SCC(C)C)N(C)C(=O)c1ccc(OC)cc1. The first kappa shape index (κ1) is 24.8. The van der Waals surface area contributed by atoms with Crippen LogP contribution in [0.1, 0.15) is 38.1 Å². The summed E-state index contributed by atoms with van der Waals surface area (Å²) in [5, 5.41) is 0. The highest BCUT2D eigenvalue weighted by Gasteiger charge is 2.36. The summed E-state index contributed by atoms with van der Waals surface area (Å²) in [6.45, 7) is 9.27. The van der Waals surface area contributed by atoms with Gasteiger partial charge in [0.15, 0.2) is 5.54 Å². The van der Waals surface area contributed by atoms with Crippen molar-refractivity contribution in [2.75, 3.05) is 40.0 Å². The molecule has 0 bridgehead atoms. The fraction of sp³-hybridized carbons (Fsp3) is 0.579. The highest BCUT2D eigenvalue weighted by molar-refractivity contribution is 8.69. The van der Waals surface area contributed by atoms with Gasteiger partial charge in [0, 0.05) is 38.5 Å². The zero-order valence-electron chi connectivity index (χ0n) is 17.8. The fourth-order valence-electron chi connectivity index (χ4n) is 2.46. The summed E-state index contributed by atoms with van der Waals surface area (Å²) in [5.74, 6) is 1.66. The highest BCUT2D eigenvalue weighted by Crippen LogP contribution is 2.64. The Morgan fingerprint density at radius 1 is 1.11 bits per heavy atom. The van der Waals surface area contributed by atoms with Gasteiger partial charge in [0.1, 0.15) is 5.75 Å². The molecule has 0 spiro atoms. The molecule has 0 fully saturated rings. The van der Waals surface area contributed by atoms with Gasteiger partial charge in [-0.3, -0.25) is 14.1 Å². The first-order valence-electron chi connectivity index (χ1n) is 9.32. The third-order valence-corrected chi connectivity index (χ3v) is 12.6. The Kier molecular flexibility index (Phi) is 9.81. The van der Waals surface area contributed by atoms with Crippen LogP contribution in [0.2, 0.25) is 0 Å². The summed E-state index contributed by atoms with van der Waals surface area (Å²) in [6, 6.07) is 6.79. The monoisotopic (exact) mass is 445 g/mol. The number of methoxy groups -OCH3 is 1. The summed E-state index contributed by atoms with van der Waals surface area (Å²) in [5.41, 5.74) is -2.17. The van der Waals surface area contributed by atoms with Gasteiger partial charge in [0.2, 0.25) is 0 Å². The molecule has 1 atom stereocenters. The predicted molar refractivity (Wildman–Crippen MR) is 123 cm³/mol. The summed E-state index contributed by atoms with van der Waals surface area (Å²) in [7, 11) is 5.00. The molecule has 0 aliphatic carbocycles. The van der Waals surface area contributed by atoms with Crippen LogP contribution < -0.4 is 4.74 Å². The second-order valence-electron chi connectivity index (χ2n) is 6.72. The smallest absolute Gasteiger partial charge is 0.325 e. The lowest BCUT2D eigenvalue weighted by atomic mass is 10.2. The standard InChI is InChI=1S/C19H32N3O3PS2/c1-8-22(9-2)19(24)21(6)26(27,28-14-15(3)4)20(5)18(23)16-10-12-17(25-7)13-11-16/h10-13,15H,8-9,14H2,1-7H3.